The monoisotopic (exact) mass is 244 g/mol. The molecule has 0 aliphatic heterocycles. The van der Waals surface area contributed by atoms with Crippen LogP contribution in [0.25, 0.3) is 0 Å². The summed E-state index contributed by atoms with van der Waals surface area (Å²) < 4.78 is 14.9. The quantitative estimate of drug-likeness (QED) is 0.682. The largest absolute Gasteiger partial charge is 0.467 e. The van der Waals surface area contributed by atoms with Crippen molar-refractivity contribution in [2.45, 2.75) is 38.7 Å². The average Bonchev–Trinajstić information content (AvgIpc) is 2.34. The van der Waals surface area contributed by atoms with Crippen LogP contribution in [0.1, 0.15) is 32.6 Å². The average molecular weight is 244 g/mol. The number of carbonyl (C=O) groups excluding carboxylic acids is 2. The molecule has 1 fully saturated rings. The summed E-state index contributed by atoms with van der Waals surface area (Å²) in [6.07, 6.45) is 3.88. The van der Waals surface area contributed by atoms with Gasteiger partial charge in [0.05, 0.1) is 19.8 Å². The zero-order chi connectivity index (χ0) is 12.7. The van der Waals surface area contributed by atoms with E-state index in [1.807, 2.05) is 0 Å². The Bertz CT molecular complexity index is 256. The fraction of sp³-hybridized carbons (Fsp3) is 0.833. The van der Waals surface area contributed by atoms with Gasteiger partial charge >= 0.3 is 11.9 Å². The molecule has 0 aromatic carbocycles. The van der Waals surface area contributed by atoms with E-state index < -0.39 is 0 Å². The highest BCUT2D eigenvalue weighted by atomic mass is 16.6. The first kappa shape index (κ1) is 14.0. The Kier molecular flexibility index (Phi) is 5.97. The molecule has 1 saturated carbocycles. The second-order valence-corrected chi connectivity index (χ2v) is 4.33. The van der Waals surface area contributed by atoms with Gasteiger partial charge in [0.15, 0.2) is 0 Å². The van der Waals surface area contributed by atoms with Crippen LogP contribution in [0.4, 0.5) is 0 Å². The first-order valence-corrected chi connectivity index (χ1v) is 5.93. The zero-order valence-corrected chi connectivity index (χ0v) is 10.4. The van der Waals surface area contributed by atoms with Crippen LogP contribution in [0.15, 0.2) is 0 Å². The van der Waals surface area contributed by atoms with Gasteiger partial charge in [-0.1, -0.05) is 0 Å². The summed E-state index contributed by atoms with van der Waals surface area (Å²) in [5, 5.41) is 0. The highest BCUT2D eigenvalue weighted by Crippen LogP contribution is 2.26. The molecule has 0 amide bonds. The molecule has 0 aromatic rings. The molecule has 0 aromatic heterocycles. The van der Waals surface area contributed by atoms with Crippen LogP contribution < -0.4 is 0 Å². The van der Waals surface area contributed by atoms with E-state index in [2.05, 4.69) is 4.74 Å². The predicted molar refractivity (Wildman–Crippen MR) is 60.3 cm³/mol. The number of ether oxygens (including phenoxy) is 3. The smallest absolute Gasteiger partial charge is 0.331 e. The molecule has 5 nitrogen and oxygen atoms in total. The minimum atomic E-state index is -0.341. The number of hydrogen-bond donors (Lipinski definition) is 0. The van der Waals surface area contributed by atoms with Crippen molar-refractivity contribution in [3.05, 3.63) is 0 Å². The van der Waals surface area contributed by atoms with Gasteiger partial charge in [0.1, 0.15) is 6.61 Å². The third kappa shape index (κ3) is 5.68. The molecule has 1 aliphatic carbocycles. The van der Waals surface area contributed by atoms with Crippen molar-refractivity contribution < 1.29 is 23.8 Å². The van der Waals surface area contributed by atoms with Crippen LogP contribution in [0.5, 0.6) is 0 Å². The van der Waals surface area contributed by atoms with E-state index in [4.69, 9.17) is 9.47 Å². The van der Waals surface area contributed by atoms with Gasteiger partial charge in [-0.05, 0) is 31.6 Å². The molecule has 0 atom stereocenters. The van der Waals surface area contributed by atoms with Crippen molar-refractivity contribution in [2.75, 3.05) is 20.3 Å². The Balaban J connectivity index is 2.13. The van der Waals surface area contributed by atoms with Crippen LogP contribution >= 0.6 is 0 Å². The summed E-state index contributed by atoms with van der Waals surface area (Å²) in [7, 11) is 1.35. The summed E-state index contributed by atoms with van der Waals surface area (Å²) >= 11 is 0. The van der Waals surface area contributed by atoms with Gasteiger partial charge in [0.2, 0.25) is 0 Å². The molecule has 17 heavy (non-hydrogen) atoms. The van der Waals surface area contributed by atoms with Gasteiger partial charge in [-0.3, -0.25) is 4.79 Å². The summed E-state index contributed by atoms with van der Waals surface area (Å²) in [6, 6.07) is 0. The molecule has 0 N–H and O–H groups in total. The van der Waals surface area contributed by atoms with Crippen LogP contribution in [0.3, 0.4) is 0 Å². The molecule has 0 heterocycles. The van der Waals surface area contributed by atoms with Crippen molar-refractivity contribution in [1.82, 2.24) is 0 Å². The number of carbonyl (C=O) groups is 2. The van der Waals surface area contributed by atoms with E-state index in [0.717, 1.165) is 25.7 Å². The molecular formula is C12H20O5. The predicted octanol–water partition coefficient (Wildman–Crippen LogP) is 1.30. The SMILES string of the molecule is COC(=O)COC1CCC(COC(C)=O)CC1. The van der Waals surface area contributed by atoms with E-state index in [1.165, 1.54) is 14.0 Å². The molecule has 0 saturated heterocycles. The Morgan fingerprint density at radius 1 is 1.18 bits per heavy atom. The molecule has 0 bridgehead atoms. The van der Waals surface area contributed by atoms with Crippen molar-refractivity contribution >= 4 is 11.9 Å². The number of esters is 2. The van der Waals surface area contributed by atoms with Crippen LogP contribution in [0.2, 0.25) is 0 Å². The molecule has 1 rings (SSSR count). The number of hydrogen-bond acceptors (Lipinski definition) is 5. The fourth-order valence-corrected chi connectivity index (χ4v) is 1.95. The maximum atomic E-state index is 10.9. The molecule has 5 heteroatoms. The third-order valence-electron chi connectivity index (χ3n) is 2.98. The Morgan fingerprint density at radius 3 is 2.35 bits per heavy atom. The second-order valence-electron chi connectivity index (χ2n) is 4.33. The highest BCUT2D eigenvalue weighted by Gasteiger charge is 2.23. The minimum Gasteiger partial charge on any atom is -0.467 e. The Morgan fingerprint density at radius 2 is 1.82 bits per heavy atom. The van der Waals surface area contributed by atoms with Gasteiger partial charge < -0.3 is 14.2 Å². The zero-order valence-electron chi connectivity index (χ0n) is 10.4. The maximum absolute atomic E-state index is 10.9. The van der Waals surface area contributed by atoms with Gasteiger partial charge in [0.25, 0.3) is 0 Å². The fourth-order valence-electron chi connectivity index (χ4n) is 1.95. The van der Waals surface area contributed by atoms with Crippen LogP contribution in [-0.4, -0.2) is 38.4 Å². The van der Waals surface area contributed by atoms with Gasteiger partial charge in [-0.15, -0.1) is 0 Å². The van der Waals surface area contributed by atoms with E-state index >= 15 is 0 Å². The lowest BCUT2D eigenvalue weighted by atomic mass is 9.88. The van der Waals surface area contributed by atoms with Crippen LogP contribution in [-0.2, 0) is 23.8 Å². The molecule has 98 valence electrons. The van der Waals surface area contributed by atoms with Crippen molar-refractivity contribution in [1.29, 1.82) is 0 Å². The van der Waals surface area contributed by atoms with Crippen LogP contribution in [0, 0.1) is 5.92 Å². The molecule has 1 aliphatic rings. The minimum absolute atomic E-state index is 0.0236. The lowest BCUT2D eigenvalue weighted by Gasteiger charge is -2.27. The van der Waals surface area contributed by atoms with Crippen molar-refractivity contribution in [3.8, 4) is 0 Å². The number of methoxy groups -OCH3 is 1. The van der Waals surface area contributed by atoms with Crippen molar-refractivity contribution in [2.24, 2.45) is 5.92 Å². The van der Waals surface area contributed by atoms with Gasteiger partial charge in [0, 0.05) is 6.92 Å². The van der Waals surface area contributed by atoms with E-state index in [-0.39, 0.29) is 24.6 Å². The molecule has 0 spiro atoms. The van der Waals surface area contributed by atoms with Gasteiger partial charge in [-0.2, -0.15) is 0 Å². The second kappa shape index (κ2) is 7.27. The number of rotatable bonds is 5. The van der Waals surface area contributed by atoms with E-state index in [1.54, 1.807) is 0 Å². The molecular weight excluding hydrogens is 224 g/mol. The standard InChI is InChI=1S/C12H20O5/c1-9(13)16-7-10-3-5-11(6-4-10)17-8-12(14)15-2/h10-11H,3-8H2,1-2H3. The van der Waals surface area contributed by atoms with E-state index in [0.29, 0.717) is 12.5 Å². The first-order chi connectivity index (χ1) is 8.11. The van der Waals surface area contributed by atoms with Gasteiger partial charge in [-0.25, -0.2) is 4.79 Å². The summed E-state index contributed by atoms with van der Waals surface area (Å²) in [4.78, 5) is 21.6. The highest BCUT2D eigenvalue weighted by molar-refractivity contribution is 5.70. The summed E-state index contributed by atoms with van der Waals surface area (Å²) in [6.45, 7) is 1.94. The Hall–Kier alpha value is -1.10. The summed E-state index contributed by atoms with van der Waals surface area (Å²) in [5.74, 6) is -0.141. The third-order valence-corrected chi connectivity index (χ3v) is 2.98. The first-order valence-electron chi connectivity index (χ1n) is 5.93. The topological polar surface area (TPSA) is 61.8 Å². The molecule has 0 unspecified atom stereocenters. The Labute approximate surface area is 101 Å². The molecule has 0 radical (unpaired) electrons. The lowest BCUT2D eigenvalue weighted by Crippen LogP contribution is -2.26. The maximum Gasteiger partial charge on any atom is 0.331 e. The normalized spacial score (nSPS) is 24.1. The van der Waals surface area contributed by atoms with Crippen molar-refractivity contribution in [3.63, 3.8) is 0 Å². The lowest BCUT2D eigenvalue weighted by molar-refractivity contribution is -0.149. The van der Waals surface area contributed by atoms with E-state index in [9.17, 15) is 9.59 Å². The summed E-state index contributed by atoms with van der Waals surface area (Å²) in [5.41, 5.74) is 0.